The Balaban J connectivity index is 1.71. The second-order valence-corrected chi connectivity index (χ2v) is 8.61. The Hall–Kier alpha value is -3.38. The number of aryl methyl sites for hydroxylation is 1. The van der Waals surface area contributed by atoms with E-state index in [0.717, 1.165) is 0 Å². The van der Waals surface area contributed by atoms with Crippen molar-refractivity contribution >= 4 is 16.7 Å². The minimum Gasteiger partial charge on any atom is -0.364 e. The second-order valence-electron chi connectivity index (χ2n) is 8.61. The van der Waals surface area contributed by atoms with Gasteiger partial charge in [-0.3, -0.25) is 9.69 Å². The molecule has 9 heteroatoms. The van der Waals surface area contributed by atoms with Gasteiger partial charge < -0.3 is 9.47 Å². The molecule has 172 valence electrons. The highest BCUT2D eigenvalue weighted by Crippen LogP contribution is 2.34. The van der Waals surface area contributed by atoms with Crippen LogP contribution in [-0.2, 0) is 7.05 Å². The van der Waals surface area contributed by atoms with Crippen LogP contribution >= 0.6 is 0 Å². The van der Waals surface area contributed by atoms with E-state index in [0.29, 0.717) is 41.9 Å². The van der Waals surface area contributed by atoms with E-state index in [2.05, 4.69) is 4.98 Å². The highest BCUT2D eigenvalue weighted by atomic mass is 19.1. The van der Waals surface area contributed by atoms with Crippen molar-refractivity contribution in [2.24, 2.45) is 7.05 Å². The van der Waals surface area contributed by atoms with Crippen LogP contribution < -0.4 is 10.5 Å². The van der Waals surface area contributed by atoms with Crippen molar-refractivity contribution in [3.05, 3.63) is 69.4 Å². The van der Waals surface area contributed by atoms with Crippen molar-refractivity contribution in [2.75, 3.05) is 18.0 Å². The quantitative estimate of drug-likeness (QED) is 0.600. The molecule has 2 aromatic heterocycles. The highest BCUT2D eigenvalue weighted by Gasteiger charge is 2.35. The molecule has 0 spiro atoms. The van der Waals surface area contributed by atoms with Crippen molar-refractivity contribution in [2.45, 2.75) is 38.9 Å². The molecule has 3 atom stereocenters. The van der Waals surface area contributed by atoms with Gasteiger partial charge in [0.2, 0.25) is 0 Å². The van der Waals surface area contributed by atoms with Crippen LogP contribution in [0.3, 0.4) is 0 Å². The number of halogens is 3. The smallest absolute Gasteiger partial charge is 0.252 e. The number of piperazine rings is 1. The van der Waals surface area contributed by atoms with Crippen molar-refractivity contribution < 1.29 is 13.2 Å². The molecule has 6 nitrogen and oxygen atoms in total. The molecule has 0 amide bonds. The molecule has 1 fully saturated rings. The maximum Gasteiger partial charge on any atom is 0.252 e. The zero-order valence-electron chi connectivity index (χ0n) is 18.8. The summed E-state index contributed by atoms with van der Waals surface area (Å²) in [5.41, 5.74) is 1.67. The van der Waals surface area contributed by atoms with Gasteiger partial charge in [0.15, 0.2) is 0 Å². The Morgan fingerprint density at radius 1 is 1.09 bits per heavy atom. The van der Waals surface area contributed by atoms with Crippen molar-refractivity contribution in [3.8, 4) is 6.07 Å². The SMILES string of the molecule is CC(c1c(F)cc(F)cc1F)N1C[C@H](C)N(c2cc(=O)n(C)c3ccc(C#N)nc23)C[C@H]1C. The highest BCUT2D eigenvalue weighted by molar-refractivity contribution is 5.89. The maximum atomic E-state index is 14.4. The fraction of sp³-hybridized carbons (Fsp3) is 0.375. The average molecular weight is 455 g/mol. The molecule has 0 N–H and O–H groups in total. The number of nitrogens with zero attached hydrogens (tertiary/aromatic N) is 5. The van der Waals surface area contributed by atoms with E-state index in [9.17, 15) is 23.2 Å². The van der Waals surface area contributed by atoms with Gasteiger partial charge in [0, 0.05) is 62.0 Å². The Morgan fingerprint density at radius 3 is 2.39 bits per heavy atom. The summed E-state index contributed by atoms with van der Waals surface area (Å²) in [5.74, 6) is -2.77. The first-order valence-corrected chi connectivity index (χ1v) is 10.7. The number of fused-ring (bicyclic) bond motifs is 1. The predicted octanol–water partition coefficient (Wildman–Crippen LogP) is 3.88. The lowest BCUT2D eigenvalue weighted by Gasteiger charge is -2.47. The molecule has 3 heterocycles. The standard InChI is InChI=1S/C24H24F3N5O/c1-13-12-32(21-9-22(33)30(4)20-6-5-17(10-28)29-24(20)21)14(2)11-31(13)15(3)23-18(26)7-16(25)8-19(23)27/h5-9,13-15H,11-12H2,1-4H3/t13-,14+,15?/m1/s1. The molecule has 3 aromatic rings. The van der Waals surface area contributed by atoms with Gasteiger partial charge in [0.25, 0.3) is 5.56 Å². The van der Waals surface area contributed by atoms with Gasteiger partial charge in [-0.15, -0.1) is 0 Å². The number of pyridine rings is 2. The summed E-state index contributed by atoms with van der Waals surface area (Å²) in [6, 6.07) is 7.34. The summed E-state index contributed by atoms with van der Waals surface area (Å²) in [4.78, 5) is 21.1. The third-order valence-electron chi connectivity index (χ3n) is 6.49. The lowest BCUT2D eigenvalue weighted by atomic mass is 9.99. The number of hydrogen-bond donors (Lipinski definition) is 0. The van der Waals surface area contributed by atoms with Gasteiger partial charge >= 0.3 is 0 Å². The zero-order chi connectivity index (χ0) is 24.0. The van der Waals surface area contributed by atoms with Crippen LogP contribution in [0, 0.1) is 28.8 Å². The minimum absolute atomic E-state index is 0.127. The molecule has 0 bridgehead atoms. The Labute approximate surface area is 189 Å². The number of rotatable bonds is 3. The molecule has 0 radical (unpaired) electrons. The molecule has 0 saturated carbocycles. The monoisotopic (exact) mass is 455 g/mol. The van der Waals surface area contributed by atoms with Crippen LogP contribution in [-0.4, -0.2) is 39.6 Å². The van der Waals surface area contributed by atoms with E-state index in [1.807, 2.05) is 29.7 Å². The van der Waals surface area contributed by atoms with Gasteiger partial charge in [-0.2, -0.15) is 5.26 Å². The second kappa shape index (κ2) is 8.52. The maximum absolute atomic E-state index is 14.4. The largest absolute Gasteiger partial charge is 0.364 e. The molecule has 1 aliphatic heterocycles. The van der Waals surface area contributed by atoms with E-state index >= 15 is 0 Å². The van der Waals surface area contributed by atoms with Crippen molar-refractivity contribution in [1.82, 2.24) is 14.5 Å². The Bertz CT molecular complexity index is 1310. The van der Waals surface area contributed by atoms with Crippen LogP contribution in [0.15, 0.2) is 35.1 Å². The Morgan fingerprint density at radius 2 is 1.76 bits per heavy atom. The zero-order valence-corrected chi connectivity index (χ0v) is 18.8. The van der Waals surface area contributed by atoms with E-state index in [4.69, 9.17) is 0 Å². The van der Waals surface area contributed by atoms with Gasteiger partial charge in [-0.1, -0.05) is 0 Å². The third-order valence-corrected chi connectivity index (χ3v) is 6.49. The average Bonchev–Trinajstić information content (AvgIpc) is 2.76. The molecular weight excluding hydrogens is 431 g/mol. The van der Waals surface area contributed by atoms with Crippen LogP contribution in [0.25, 0.3) is 11.0 Å². The van der Waals surface area contributed by atoms with Crippen molar-refractivity contribution in [1.29, 1.82) is 5.26 Å². The van der Waals surface area contributed by atoms with Crippen LogP contribution in [0.1, 0.15) is 38.1 Å². The molecule has 1 aliphatic rings. The molecular formula is C24H24F3N5O. The van der Waals surface area contributed by atoms with Gasteiger partial charge in [0.05, 0.1) is 11.2 Å². The first-order valence-electron chi connectivity index (χ1n) is 10.7. The lowest BCUT2D eigenvalue weighted by Crippen LogP contribution is -2.57. The molecule has 1 aromatic carbocycles. The van der Waals surface area contributed by atoms with E-state index < -0.39 is 23.5 Å². The van der Waals surface area contributed by atoms with E-state index in [1.165, 1.54) is 10.6 Å². The third kappa shape index (κ3) is 3.95. The van der Waals surface area contributed by atoms with E-state index in [-0.39, 0.29) is 28.9 Å². The normalized spacial score (nSPS) is 20.1. The van der Waals surface area contributed by atoms with E-state index in [1.54, 1.807) is 26.1 Å². The topological polar surface area (TPSA) is 65.2 Å². The van der Waals surface area contributed by atoms with Crippen molar-refractivity contribution in [3.63, 3.8) is 0 Å². The number of benzene rings is 1. The van der Waals surface area contributed by atoms with Crippen LogP contribution in [0.5, 0.6) is 0 Å². The molecule has 33 heavy (non-hydrogen) atoms. The Kier molecular flexibility index (Phi) is 5.89. The lowest BCUT2D eigenvalue weighted by molar-refractivity contribution is 0.115. The molecule has 4 rings (SSSR count). The predicted molar refractivity (Wildman–Crippen MR) is 119 cm³/mol. The number of nitriles is 1. The summed E-state index contributed by atoms with van der Waals surface area (Å²) in [5, 5.41) is 9.30. The summed E-state index contributed by atoms with van der Waals surface area (Å²) < 4.78 is 43.7. The fourth-order valence-electron chi connectivity index (χ4n) is 4.74. The molecule has 1 unspecified atom stereocenters. The molecule has 1 saturated heterocycles. The number of anilines is 1. The minimum atomic E-state index is -0.950. The summed E-state index contributed by atoms with van der Waals surface area (Å²) in [6.07, 6.45) is 0. The first-order chi connectivity index (χ1) is 15.6. The number of aromatic nitrogens is 2. The van der Waals surface area contributed by atoms with Crippen LogP contribution in [0.2, 0.25) is 0 Å². The van der Waals surface area contributed by atoms with Gasteiger partial charge in [-0.25, -0.2) is 18.2 Å². The first kappa shape index (κ1) is 22.8. The molecule has 0 aliphatic carbocycles. The number of hydrogen-bond acceptors (Lipinski definition) is 5. The van der Waals surface area contributed by atoms with Gasteiger partial charge in [-0.05, 0) is 32.9 Å². The summed E-state index contributed by atoms with van der Waals surface area (Å²) >= 11 is 0. The van der Waals surface area contributed by atoms with Gasteiger partial charge in [0.1, 0.15) is 34.7 Å². The summed E-state index contributed by atoms with van der Waals surface area (Å²) in [7, 11) is 1.65. The summed E-state index contributed by atoms with van der Waals surface area (Å²) in [6.45, 7) is 6.52. The fourth-order valence-corrected chi connectivity index (χ4v) is 4.74. The van der Waals surface area contributed by atoms with Crippen LogP contribution in [0.4, 0.5) is 18.9 Å².